The van der Waals surface area contributed by atoms with E-state index in [1.807, 2.05) is 0 Å². The summed E-state index contributed by atoms with van der Waals surface area (Å²) in [6.45, 7) is 17.5. The second-order valence-corrected chi connectivity index (χ2v) is 5.67. The topological polar surface area (TPSA) is 137 Å². The molecule has 0 radical (unpaired) electrons. The number of ketones is 8. The van der Waals surface area contributed by atoms with Gasteiger partial charge in [0, 0.05) is 48.8 Å². The second-order valence-electron chi connectivity index (χ2n) is 5.67. The molecule has 0 aliphatic rings. The van der Waals surface area contributed by atoms with Gasteiger partial charge in [0.2, 0.25) is 0 Å². The van der Waals surface area contributed by atoms with Gasteiger partial charge in [-0.3, -0.25) is 19.2 Å². The first kappa shape index (κ1) is 37.3. The molecule has 0 saturated heterocycles. The van der Waals surface area contributed by atoms with Crippen molar-refractivity contribution in [2.24, 2.45) is 0 Å². The van der Waals surface area contributed by atoms with Gasteiger partial charge in [0.25, 0.3) is 0 Å². The molecule has 0 rings (SSSR count). The summed E-state index contributed by atoms with van der Waals surface area (Å²) in [5.74, 6) is -1.75. The summed E-state index contributed by atoms with van der Waals surface area (Å²) >= 11 is 0. The monoisotopic (exact) mass is 444 g/mol. The Balaban J connectivity index is -0.0000000873. The molecule has 29 heavy (non-hydrogen) atoms. The Bertz CT molecular complexity index is 439. The molecule has 8 nitrogen and oxygen atoms in total. The van der Waals surface area contributed by atoms with Crippen LogP contribution >= 0.6 is 0 Å². The first-order valence-electron chi connectivity index (χ1n) is 7.88. The van der Waals surface area contributed by atoms with E-state index in [4.69, 9.17) is 0 Å². The second kappa shape index (κ2) is 23.6. The minimum atomic E-state index is -0.312. The Hall–Kier alpha value is -2.45. The van der Waals surface area contributed by atoms with Crippen LogP contribution < -0.4 is 0 Å². The average Bonchev–Trinajstić information content (AvgIpc) is 2.32. The molecule has 9 heteroatoms. The predicted octanol–water partition coefficient (Wildman–Crippen LogP) is 1.47. The van der Waals surface area contributed by atoms with E-state index in [9.17, 15) is 38.4 Å². The molecule has 0 aliphatic carbocycles. The van der Waals surface area contributed by atoms with Crippen LogP contribution in [0.4, 0.5) is 0 Å². The number of Topliss-reactive ketones (excluding diaryl/α,β-unsaturated/α-hetero) is 8. The van der Waals surface area contributed by atoms with E-state index in [-0.39, 0.29) is 93.7 Å². The number of carbonyl (C=O) groups excluding carboxylic acids is 8. The van der Waals surface area contributed by atoms with Crippen LogP contribution in [0.2, 0.25) is 0 Å². The molecule has 160 valence electrons. The van der Waals surface area contributed by atoms with Gasteiger partial charge in [0.1, 0.15) is 23.1 Å². The van der Waals surface area contributed by atoms with E-state index < -0.39 is 0 Å². The Morgan fingerprint density at radius 1 is 0.414 bits per heavy atom. The van der Waals surface area contributed by atoms with Crippen LogP contribution in [0.3, 0.4) is 0 Å². The molecule has 0 aromatic rings. The zero-order valence-electron chi connectivity index (χ0n) is 17.4. The minimum absolute atomic E-state index is 0. The van der Waals surface area contributed by atoms with Crippen LogP contribution in [0, 0.1) is 27.7 Å². The molecule has 0 fully saturated rings. The quantitative estimate of drug-likeness (QED) is 0.312. The third kappa shape index (κ3) is 77.2. The molecule has 0 saturated carbocycles. The molecule has 0 atom stereocenters. The molecule has 0 heterocycles. The standard InChI is InChI=1S/4C5H7O2.Ti/c4*1-4(6)3-5(2)7;/h4*1,3H2,2H3;/q4*-1;+4. The summed E-state index contributed by atoms with van der Waals surface area (Å²) in [5, 5.41) is 0. The normalized spacial score (nSPS) is 7.86. The molecule has 0 aromatic heterocycles. The van der Waals surface area contributed by atoms with Crippen molar-refractivity contribution in [1.82, 2.24) is 0 Å². The Labute approximate surface area is 187 Å². The number of rotatable bonds is 8. The van der Waals surface area contributed by atoms with Gasteiger partial charge in [-0.2, -0.15) is 0 Å². The van der Waals surface area contributed by atoms with Crippen LogP contribution in [0.25, 0.3) is 0 Å². The summed E-state index contributed by atoms with van der Waals surface area (Å²) < 4.78 is 0. The SMILES string of the molecule is [CH2-]C(=O)CC(C)=O.[CH2-]C(=O)CC(C)=O.[CH2-]C(=O)CC(C)=O.[CH2-]C(=O)CC(C)=O.[Ti+4]. The predicted molar refractivity (Wildman–Crippen MR) is 103 cm³/mol. The summed E-state index contributed by atoms with van der Waals surface area (Å²) in [7, 11) is 0. The number of hydrogen-bond acceptors (Lipinski definition) is 8. The minimum Gasteiger partial charge on any atom is -0.339 e. The van der Waals surface area contributed by atoms with E-state index in [0.717, 1.165) is 0 Å². The van der Waals surface area contributed by atoms with Crippen molar-refractivity contribution in [3.05, 3.63) is 27.7 Å². The van der Waals surface area contributed by atoms with Gasteiger partial charge in [0.15, 0.2) is 0 Å². The van der Waals surface area contributed by atoms with Crippen molar-refractivity contribution in [2.45, 2.75) is 53.4 Å². The van der Waals surface area contributed by atoms with Crippen molar-refractivity contribution >= 4 is 46.3 Å². The number of hydrogen-bond donors (Lipinski definition) is 0. The van der Waals surface area contributed by atoms with E-state index in [1.54, 1.807) is 0 Å². The van der Waals surface area contributed by atoms with Crippen molar-refractivity contribution < 1.29 is 60.1 Å². The molecule has 0 bridgehead atoms. The molecule has 0 aromatic carbocycles. The van der Waals surface area contributed by atoms with Crippen LogP contribution in [0.15, 0.2) is 0 Å². The van der Waals surface area contributed by atoms with Gasteiger partial charge in [-0.25, -0.2) is 0 Å². The summed E-state index contributed by atoms with van der Waals surface area (Å²) in [6, 6.07) is 0. The molecular formula is C20H28O8Ti. The zero-order valence-corrected chi connectivity index (χ0v) is 19.0. The van der Waals surface area contributed by atoms with Crippen molar-refractivity contribution in [3.63, 3.8) is 0 Å². The van der Waals surface area contributed by atoms with E-state index >= 15 is 0 Å². The van der Waals surface area contributed by atoms with Crippen molar-refractivity contribution in [3.8, 4) is 0 Å². The van der Waals surface area contributed by atoms with Crippen LogP contribution in [-0.4, -0.2) is 46.3 Å². The molecule has 0 spiro atoms. The molecule has 0 aliphatic heterocycles. The van der Waals surface area contributed by atoms with Gasteiger partial charge >= 0.3 is 21.7 Å². The smallest absolute Gasteiger partial charge is 0.339 e. The Kier molecular flexibility index (Phi) is 30.4. The molecule has 0 unspecified atom stereocenters. The van der Waals surface area contributed by atoms with E-state index in [0.29, 0.717) is 0 Å². The molecular weight excluding hydrogens is 416 g/mol. The number of carbonyl (C=O) groups is 8. The zero-order chi connectivity index (χ0) is 23.4. The summed E-state index contributed by atoms with van der Waals surface area (Å²) in [4.78, 5) is 79.7. The Morgan fingerprint density at radius 2 is 0.517 bits per heavy atom. The van der Waals surface area contributed by atoms with Crippen LogP contribution in [0.5, 0.6) is 0 Å². The maximum absolute atomic E-state index is 9.99. The van der Waals surface area contributed by atoms with E-state index in [1.165, 1.54) is 27.7 Å². The summed E-state index contributed by atoms with van der Waals surface area (Å²) in [5.41, 5.74) is 0. The largest absolute Gasteiger partial charge is 4.00 e. The maximum atomic E-state index is 9.99. The van der Waals surface area contributed by atoms with E-state index in [2.05, 4.69) is 27.7 Å². The first-order chi connectivity index (χ1) is 12.5. The van der Waals surface area contributed by atoms with Crippen LogP contribution in [-0.2, 0) is 60.1 Å². The average molecular weight is 444 g/mol. The fourth-order valence-corrected chi connectivity index (χ4v) is 1.11. The fraction of sp³-hybridized carbons (Fsp3) is 0.400. The first-order valence-corrected chi connectivity index (χ1v) is 7.88. The van der Waals surface area contributed by atoms with Crippen molar-refractivity contribution in [2.75, 3.05) is 0 Å². The molecule has 0 amide bonds. The van der Waals surface area contributed by atoms with Gasteiger partial charge in [0.05, 0.1) is 0 Å². The Morgan fingerprint density at radius 3 is 0.517 bits per heavy atom. The third-order valence-corrected chi connectivity index (χ3v) is 1.78. The van der Waals surface area contributed by atoms with Gasteiger partial charge in [-0.05, 0) is 27.7 Å². The maximum Gasteiger partial charge on any atom is 4.00 e. The van der Waals surface area contributed by atoms with Gasteiger partial charge < -0.3 is 46.9 Å². The van der Waals surface area contributed by atoms with Gasteiger partial charge in [-0.1, -0.05) is 0 Å². The third-order valence-electron chi connectivity index (χ3n) is 1.78. The van der Waals surface area contributed by atoms with Gasteiger partial charge in [-0.15, -0.1) is 0 Å². The summed E-state index contributed by atoms with van der Waals surface area (Å²) in [6.07, 6.45) is -0.111. The van der Waals surface area contributed by atoms with Crippen LogP contribution in [0.1, 0.15) is 53.4 Å². The molecule has 0 N–H and O–H groups in total. The van der Waals surface area contributed by atoms with Crippen molar-refractivity contribution in [1.29, 1.82) is 0 Å². The fourth-order valence-electron chi connectivity index (χ4n) is 1.11.